The van der Waals surface area contributed by atoms with Crippen molar-refractivity contribution in [3.63, 3.8) is 0 Å². The zero-order valence-corrected chi connectivity index (χ0v) is 23.3. The van der Waals surface area contributed by atoms with Crippen molar-refractivity contribution in [3.05, 3.63) is 66.0 Å². The molecule has 9 nitrogen and oxygen atoms in total. The van der Waals surface area contributed by atoms with Crippen LogP contribution in [0.15, 0.2) is 43.0 Å². The molecule has 1 aromatic carbocycles. The van der Waals surface area contributed by atoms with Crippen LogP contribution in [0, 0.1) is 0 Å². The highest BCUT2D eigenvalue weighted by atomic mass is 16.3. The minimum Gasteiger partial charge on any atom is -0.395 e. The Labute approximate surface area is 226 Å². The lowest BCUT2D eigenvalue weighted by Gasteiger charge is -2.21. The van der Waals surface area contributed by atoms with Gasteiger partial charge in [-0.05, 0) is 63.0 Å². The van der Waals surface area contributed by atoms with Gasteiger partial charge < -0.3 is 24.1 Å². The van der Waals surface area contributed by atoms with Crippen LogP contribution in [0.25, 0.3) is 11.0 Å². The number of aryl methyl sites for hydroxylation is 2. The molecule has 9 heteroatoms. The van der Waals surface area contributed by atoms with Crippen molar-refractivity contribution in [1.82, 2.24) is 38.9 Å². The second-order valence-electron chi connectivity index (χ2n) is 10.2. The van der Waals surface area contributed by atoms with E-state index in [1.165, 1.54) is 37.9 Å². The topological polar surface area (TPSA) is 91.0 Å². The zero-order valence-electron chi connectivity index (χ0n) is 23.3. The fourth-order valence-electron chi connectivity index (χ4n) is 5.21. The van der Waals surface area contributed by atoms with Crippen molar-refractivity contribution in [2.45, 2.75) is 72.1 Å². The van der Waals surface area contributed by atoms with E-state index in [0.717, 1.165) is 61.0 Å². The number of H-pyrrole nitrogens is 1. The van der Waals surface area contributed by atoms with E-state index in [4.69, 9.17) is 4.98 Å². The average molecular weight is 521 g/mol. The number of nitrogens with zero attached hydrogens (tertiary/aromatic N) is 7. The van der Waals surface area contributed by atoms with Gasteiger partial charge in [-0.15, -0.1) is 0 Å². The molecule has 0 saturated carbocycles. The summed E-state index contributed by atoms with van der Waals surface area (Å²) >= 11 is 0. The Hall–Kier alpha value is -3.01. The molecule has 2 N–H and O–H groups in total. The molecule has 3 heterocycles. The molecule has 0 amide bonds. The summed E-state index contributed by atoms with van der Waals surface area (Å²) in [6.45, 7) is 10.9. The van der Waals surface area contributed by atoms with E-state index in [0.29, 0.717) is 13.1 Å². The normalized spacial score (nSPS) is 11.9. The van der Waals surface area contributed by atoms with Crippen LogP contribution < -0.4 is 0 Å². The SMILES string of the molecule is CCCN(CCC)CCCCc1nc2ccc(CN(Cc3ncc[nH]3)Cc3nccn3C)cc2n1CCO. The van der Waals surface area contributed by atoms with Gasteiger partial charge >= 0.3 is 0 Å². The smallest absolute Gasteiger partial charge is 0.122 e. The molecule has 0 radical (unpaired) electrons. The third-order valence-corrected chi connectivity index (χ3v) is 7.04. The van der Waals surface area contributed by atoms with Crippen molar-refractivity contribution >= 4 is 11.0 Å². The molecule has 0 aliphatic carbocycles. The van der Waals surface area contributed by atoms with Crippen molar-refractivity contribution in [2.24, 2.45) is 7.05 Å². The highest BCUT2D eigenvalue weighted by Crippen LogP contribution is 2.21. The molecule has 4 aromatic rings. The minimum absolute atomic E-state index is 0.104. The molecule has 0 bridgehead atoms. The molecule has 0 saturated heterocycles. The Bertz CT molecular complexity index is 1220. The van der Waals surface area contributed by atoms with Crippen molar-refractivity contribution in [1.29, 1.82) is 0 Å². The van der Waals surface area contributed by atoms with Crippen LogP contribution in [0.1, 0.15) is 62.6 Å². The minimum atomic E-state index is 0.104. The number of hydrogen-bond acceptors (Lipinski definition) is 6. The summed E-state index contributed by atoms with van der Waals surface area (Å²) < 4.78 is 4.27. The molecule has 0 fully saturated rings. The molecular weight excluding hydrogens is 476 g/mol. The van der Waals surface area contributed by atoms with E-state index in [2.05, 4.69) is 65.9 Å². The molecular formula is C29H44N8O. The van der Waals surface area contributed by atoms with Gasteiger partial charge in [0.1, 0.15) is 17.5 Å². The third kappa shape index (κ3) is 7.52. The number of imidazole rings is 3. The van der Waals surface area contributed by atoms with E-state index in [1.807, 2.05) is 25.6 Å². The molecule has 4 rings (SSSR count). The Balaban J connectivity index is 1.48. The van der Waals surface area contributed by atoms with Crippen LogP contribution in [0.3, 0.4) is 0 Å². The largest absolute Gasteiger partial charge is 0.395 e. The van der Waals surface area contributed by atoms with Crippen molar-refractivity contribution < 1.29 is 5.11 Å². The van der Waals surface area contributed by atoms with Crippen molar-refractivity contribution in [3.8, 4) is 0 Å². The second-order valence-corrected chi connectivity index (χ2v) is 10.2. The molecule has 0 unspecified atom stereocenters. The molecule has 0 aliphatic heterocycles. The predicted molar refractivity (Wildman–Crippen MR) is 152 cm³/mol. The van der Waals surface area contributed by atoms with E-state index in [1.54, 1.807) is 6.20 Å². The quantitative estimate of drug-likeness (QED) is 0.204. The first kappa shape index (κ1) is 28.0. The van der Waals surface area contributed by atoms with E-state index < -0.39 is 0 Å². The summed E-state index contributed by atoms with van der Waals surface area (Å²) in [5.74, 6) is 3.02. The van der Waals surface area contributed by atoms with E-state index >= 15 is 0 Å². The summed E-state index contributed by atoms with van der Waals surface area (Å²) in [6, 6.07) is 6.53. The van der Waals surface area contributed by atoms with E-state index in [-0.39, 0.29) is 6.61 Å². The molecule has 38 heavy (non-hydrogen) atoms. The number of aromatic nitrogens is 6. The van der Waals surface area contributed by atoms with Gasteiger partial charge in [-0.2, -0.15) is 0 Å². The van der Waals surface area contributed by atoms with Crippen LogP contribution in [-0.4, -0.2) is 70.2 Å². The highest BCUT2D eigenvalue weighted by Gasteiger charge is 2.15. The summed E-state index contributed by atoms with van der Waals surface area (Å²) in [5, 5.41) is 9.83. The first-order chi connectivity index (χ1) is 18.6. The second kappa shape index (κ2) is 14.2. The Kier molecular flexibility index (Phi) is 10.5. The number of nitrogens with one attached hydrogen (secondary N) is 1. The number of benzene rings is 1. The van der Waals surface area contributed by atoms with Gasteiger partial charge in [0.15, 0.2) is 0 Å². The molecule has 0 spiro atoms. The first-order valence-corrected chi connectivity index (χ1v) is 14.1. The average Bonchev–Trinajstić information content (AvgIpc) is 3.64. The number of aromatic amines is 1. The monoisotopic (exact) mass is 520 g/mol. The number of unbranched alkanes of at least 4 members (excludes halogenated alkanes) is 1. The van der Waals surface area contributed by atoms with Crippen LogP contribution >= 0.6 is 0 Å². The molecule has 3 aromatic heterocycles. The van der Waals surface area contributed by atoms with Gasteiger partial charge in [0.25, 0.3) is 0 Å². The van der Waals surface area contributed by atoms with Crippen LogP contribution in [-0.2, 0) is 39.6 Å². The number of aliphatic hydroxyl groups excluding tert-OH is 1. The zero-order chi connectivity index (χ0) is 26.7. The maximum Gasteiger partial charge on any atom is 0.122 e. The van der Waals surface area contributed by atoms with Crippen LogP contribution in [0.5, 0.6) is 0 Å². The highest BCUT2D eigenvalue weighted by molar-refractivity contribution is 5.77. The first-order valence-electron chi connectivity index (χ1n) is 14.1. The number of rotatable bonds is 17. The van der Waals surface area contributed by atoms with Gasteiger partial charge in [0.05, 0.1) is 30.7 Å². The van der Waals surface area contributed by atoms with Crippen LogP contribution in [0.2, 0.25) is 0 Å². The third-order valence-electron chi connectivity index (χ3n) is 7.04. The Morgan fingerprint density at radius 2 is 1.76 bits per heavy atom. The summed E-state index contributed by atoms with van der Waals surface area (Å²) in [4.78, 5) is 22.1. The molecule has 0 aliphatic rings. The number of aliphatic hydroxyl groups is 1. The van der Waals surface area contributed by atoms with Gasteiger partial charge in [-0.3, -0.25) is 4.90 Å². The van der Waals surface area contributed by atoms with Gasteiger partial charge in [-0.25, -0.2) is 15.0 Å². The number of fused-ring (bicyclic) bond motifs is 1. The summed E-state index contributed by atoms with van der Waals surface area (Å²) in [5.41, 5.74) is 3.30. The van der Waals surface area contributed by atoms with Crippen LogP contribution in [0.4, 0.5) is 0 Å². The van der Waals surface area contributed by atoms with Crippen molar-refractivity contribution in [2.75, 3.05) is 26.2 Å². The maximum atomic E-state index is 9.83. The number of hydrogen-bond donors (Lipinski definition) is 2. The summed E-state index contributed by atoms with van der Waals surface area (Å²) in [7, 11) is 2.03. The van der Waals surface area contributed by atoms with Gasteiger partial charge in [0, 0.05) is 51.3 Å². The fourth-order valence-corrected chi connectivity index (χ4v) is 5.21. The standard InChI is InChI=1S/C29H44N8O/c1-4-14-35(15-5-2)16-7-6-8-28-33-25-10-9-24(20-26(25)37(28)18-19-38)21-36(22-27-30-11-12-31-27)23-29-32-13-17-34(29)3/h9-13,17,20,38H,4-8,14-16,18-19,21-23H2,1-3H3,(H,30,31). The maximum absolute atomic E-state index is 9.83. The molecule has 206 valence electrons. The van der Waals surface area contributed by atoms with Gasteiger partial charge in [0.2, 0.25) is 0 Å². The van der Waals surface area contributed by atoms with E-state index in [9.17, 15) is 5.11 Å². The lowest BCUT2D eigenvalue weighted by Crippen LogP contribution is -2.26. The fraction of sp³-hybridized carbons (Fsp3) is 0.552. The lowest BCUT2D eigenvalue weighted by atomic mass is 10.1. The lowest BCUT2D eigenvalue weighted by molar-refractivity contribution is 0.233. The molecule has 0 atom stereocenters. The van der Waals surface area contributed by atoms with Gasteiger partial charge in [-0.1, -0.05) is 19.9 Å². The summed E-state index contributed by atoms with van der Waals surface area (Å²) in [6.07, 6.45) is 13.1. The Morgan fingerprint density at radius 3 is 2.45 bits per heavy atom. The predicted octanol–water partition coefficient (Wildman–Crippen LogP) is 4.13. The Morgan fingerprint density at radius 1 is 0.921 bits per heavy atom.